The van der Waals surface area contributed by atoms with Crippen molar-refractivity contribution in [3.8, 4) is 0 Å². The number of anilines is 2. The number of aliphatic hydroxyl groups excluding tert-OH is 2. The van der Waals surface area contributed by atoms with Gasteiger partial charge in [-0.1, -0.05) is 24.5 Å². The van der Waals surface area contributed by atoms with Crippen molar-refractivity contribution in [3.63, 3.8) is 0 Å². The van der Waals surface area contributed by atoms with Gasteiger partial charge in [-0.25, -0.2) is 15.0 Å². The van der Waals surface area contributed by atoms with Crippen LogP contribution in [0.3, 0.4) is 0 Å². The fourth-order valence-electron chi connectivity index (χ4n) is 5.24. The van der Waals surface area contributed by atoms with Crippen LogP contribution in [0.1, 0.15) is 18.9 Å². The SMILES string of the molecule is Nc1nc2c(ncn2[C@@H]2OC(CO[PH](=O)S)C[C@H]2P(=O)(S)OC[C@H]2O[C@@H](n3ccc4c(N)ncnc43)[C@H](O)[C@@H]2O)c(=O)[nH]1. The van der Waals surface area contributed by atoms with Gasteiger partial charge in [0.1, 0.15) is 42.3 Å². The van der Waals surface area contributed by atoms with Gasteiger partial charge in [-0.3, -0.25) is 23.5 Å². The van der Waals surface area contributed by atoms with E-state index in [-0.39, 0.29) is 36.0 Å². The zero-order valence-electron chi connectivity index (χ0n) is 21.9. The number of thiol groups is 2. The van der Waals surface area contributed by atoms with Gasteiger partial charge in [-0.2, -0.15) is 4.98 Å². The van der Waals surface area contributed by atoms with Gasteiger partial charge in [-0.15, -0.1) is 0 Å². The summed E-state index contributed by atoms with van der Waals surface area (Å²) in [6.07, 6.45) is -2.55. The van der Waals surface area contributed by atoms with Gasteiger partial charge < -0.3 is 44.8 Å². The highest BCUT2D eigenvalue weighted by atomic mass is 32.7. The molecule has 2 fully saturated rings. The number of hydrogen-bond acceptors (Lipinski definition) is 15. The third-order valence-corrected chi connectivity index (χ3v) is 11.1. The normalized spacial score (nSPS) is 29.8. The first kappa shape index (κ1) is 30.5. The number of hydrogen-bond donors (Lipinski definition) is 7. The smallest absolute Gasteiger partial charge is 0.280 e. The monoisotopic (exact) mass is 675 g/mol. The Bertz CT molecular complexity index is 1800. The van der Waals surface area contributed by atoms with Crippen LogP contribution in [0.5, 0.6) is 0 Å². The fraction of sp³-hybridized carbons (Fsp3) is 0.476. The lowest BCUT2D eigenvalue weighted by molar-refractivity contribution is -0.0471. The maximum Gasteiger partial charge on any atom is 0.280 e. The molecule has 4 aromatic rings. The van der Waals surface area contributed by atoms with E-state index < -0.39 is 68.5 Å². The summed E-state index contributed by atoms with van der Waals surface area (Å²) in [6, 6.07) is 1.65. The van der Waals surface area contributed by atoms with E-state index in [1.807, 2.05) is 0 Å². The van der Waals surface area contributed by atoms with Crippen molar-refractivity contribution in [3.05, 3.63) is 35.3 Å². The van der Waals surface area contributed by atoms with E-state index in [1.165, 1.54) is 21.8 Å². The Morgan fingerprint density at radius 3 is 2.70 bits per heavy atom. The molecule has 0 radical (unpaired) electrons. The number of aliphatic hydroxyl groups is 2. The number of nitrogen functional groups attached to an aromatic ring is 2. The van der Waals surface area contributed by atoms with E-state index in [0.29, 0.717) is 11.0 Å². The molecule has 2 aliphatic rings. The average Bonchev–Trinajstić information content (AvgIpc) is 3.72. The zero-order chi connectivity index (χ0) is 30.6. The molecule has 3 unspecified atom stereocenters. The summed E-state index contributed by atoms with van der Waals surface area (Å²) < 4.78 is 51.3. The van der Waals surface area contributed by atoms with Gasteiger partial charge in [0.05, 0.1) is 36.7 Å². The quantitative estimate of drug-likeness (QED) is 0.0940. The van der Waals surface area contributed by atoms with Crippen LogP contribution in [0.2, 0.25) is 0 Å². The summed E-state index contributed by atoms with van der Waals surface area (Å²) in [5.74, 6) is 0.0671. The molecule has 232 valence electrons. The second-order valence-corrected chi connectivity index (χ2v) is 15.6. The zero-order valence-corrected chi connectivity index (χ0v) is 25.6. The second-order valence-electron chi connectivity index (χ2n) is 9.93. The first-order valence-electron chi connectivity index (χ1n) is 12.7. The van der Waals surface area contributed by atoms with Crippen LogP contribution in [0.4, 0.5) is 11.8 Å². The molecule has 0 spiro atoms. The van der Waals surface area contributed by atoms with E-state index >= 15 is 0 Å². The largest absolute Gasteiger partial charge is 0.387 e. The lowest BCUT2D eigenvalue weighted by Crippen LogP contribution is -2.34. The molecule has 6 heterocycles. The Labute approximate surface area is 252 Å². The molecule has 4 aromatic heterocycles. The van der Waals surface area contributed by atoms with Gasteiger partial charge in [0.25, 0.3) is 12.1 Å². The molecule has 22 heteroatoms. The minimum atomic E-state index is -3.93. The Hall–Kier alpha value is -2.51. The standard InChI is InChI=1S/C21H27N9O9P2S2/c22-15-9-1-2-29(16(9)25-6-24-15)20-14(32)13(31)10(39-20)5-37-41(35,43)11-3-8(4-36-40(34)42)38-19(11)30-7-26-12-17(30)27-21(23)28-18(12)33/h1-2,6-8,10-11,13-14,19-20,31-32,40H,3-5H2,(H,34,42)(H,35,43)(H2,22,24,25)(H3,23,27,28,33)/t8?,10-,11-,13-,14-,19-,20-,41?/m1/s1. The van der Waals surface area contributed by atoms with E-state index in [2.05, 4.69) is 49.4 Å². The van der Waals surface area contributed by atoms with Crippen molar-refractivity contribution >= 4 is 72.3 Å². The Morgan fingerprint density at radius 1 is 1.14 bits per heavy atom. The summed E-state index contributed by atoms with van der Waals surface area (Å²) in [5.41, 5.74) is 10.5. The first-order valence-corrected chi connectivity index (χ1v) is 18.2. The molecule has 0 bridgehead atoms. The van der Waals surface area contributed by atoms with Crippen LogP contribution < -0.4 is 17.0 Å². The van der Waals surface area contributed by atoms with Crippen LogP contribution in [-0.2, 0) is 27.7 Å². The number of nitrogens with two attached hydrogens (primary N) is 2. The third-order valence-electron chi connectivity index (χ3n) is 7.28. The molecule has 0 aliphatic carbocycles. The number of aromatic nitrogens is 7. The molecule has 43 heavy (non-hydrogen) atoms. The molecular weight excluding hydrogens is 648 g/mol. The highest BCUT2D eigenvalue weighted by molar-refractivity contribution is 8.46. The van der Waals surface area contributed by atoms with Gasteiger partial charge in [0.2, 0.25) is 13.2 Å². The minimum Gasteiger partial charge on any atom is -0.387 e. The highest BCUT2D eigenvalue weighted by Crippen LogP contribution is 2.64. The van der Waals surface area contributed by atoms with Crippen LogP contribution in [-0.4, -0.2) is 87.6 Å². The molecule has 2 aliphatic heterocycles. The fourth-order valence-corrected chi connectivity index (χ4v) is 8.21. The van der Waals surface area contributed by atoms with Crippen LogP contribution in [0.25, 0.3) is 22.2 Å². The van der Waals surface area contributed by atoms with Crippen molar-refractivity contribution in [2.45, 2.75) is 49.0 Å². The number of rotatable bonds is 9. The summed E-state index contributed by atoms with van der Waals surface area (Å²) in [4.78, 5) is 31.0. The van der Waals surface area contributed by atoms with Crippen molar-refractivity contribution < 1.29 is 37.9 Å². The van der Waals surface area contributed by atoms with E-state index in [1.54, 1.807) is 12.3 Å². The van der Waals surface area contributed by atoms with E-state index in [0.717, 1.165) is 0 Å². The summed E-state index contributed by atoms with van der Waals surface area (Å²) >= 11 is 8.16. The number of ether oxygens (including phenoxy) is 2. The second kappa shape index (κ2) is 11.8. The molecule has 2 saturated heterocycles. The predicted octanol–water partition coefficient (Wildman–Crippen LogP) is 0.480. The minimum absolute atomic E-state index is 0.0290. The van der Waals surface area contributed by atoms with E-state index in [9.17, 15) is 24.1 Å². The summed E-state index contributed by atoms with van der Waals surface area (Å²) in [7, 11) is -2.60. The number of H-pyrrole nitrogens is 1. The lowest BCUT2D eigenvalue weighted by Gasteiger charge is -2.26. The van der Waals surface area contributed by atoms with Gasteiger partial charge in [-0.05, 0) is 12.5 Å². The maximum atomic E-state index is 14.0. The van der Waals surface area contributed by atoms with Crippen molar-refractivity contribution in [2.75, 3.05) is 24.7 Å². The van der Waals surface area contributed by atoms with E-state index in [4.69, 9.17) is 30.0 Å². The number of nitrogens with zero attached hydrogens (tertiary/aromatic N) is 6. The molecule has 6 rings (SSSR count). The number of fused-ring (bicyclic) bond motifs is 2. The van der Waals surface area contributed by atoms with Crippen molar-refractivity contribution in [1.82, 2.24) is 34.1 Å². The Balaban J connectivity index is 1.23. The molecular formula is C21H27N9O9P2S2. The number of aromatic amines is 1. The molecule has 0 saturated carbocycles. The molecule has 18 nitrogen and oxygen atoms in total. The highest BCUT2D eigenvalue weighted by Gasteiger charge is 2.50. The van der Waals surface area contributed by atoms with Gasteiger partial charge in [0.15, 0.2) is 17.4 Å². The lowest BCUT2D eigenvalue weighted by atomic mass is 10.1. The molecule has 9 atom stereocenters. The average molecular weight is 676 g/mol. The van der Waals surface area contributed by atoms with Crippen molar-refractivity contribution in [2.24, 2.45) is 0 Å². The number of imidazole rings is 1. The Kier molecular flexibility index (Phi) is 8.36. The predicted molar refractivity (Wildman–Crippen MR) is 159 cm³/mol. The molecule has 0 amide bonds. The summed E-state index contributed by atoms with van der Waals surface area (Å²) in [6.45, 7) is -4.49. The van der Waals surface area contributed by atoms with Gasteiger partial charge in [0, 0.05) is 6.20 Å². The van der Waals surface area contributed by atoms with Crippen molar-refractivity contribution in [1.29, 1.82) is 0 Å². The summed E-state index contributed by atoms with van der Waals surface area (Å²) in [5, 5.41) is 22.1. The van der Waals surface area contributed by atoms with Crippen LogP contribution in [0.15, 0.2) is 29.7 Å². The van der Waals surface area contributed by atoms with Crippen LogP contribution >= 0.6 is 38.3 Å². The topological polar surface area (TPSA) is 258 Å². The first-order chi connectivity index (χ1) is 20.4. The Morgan fingerprint density at radius 2 is 1.93 bits per heavy atom. The van der Waals surface area contributed by atoms with Gasteiger partial charge >= 0.3 is 0 Å². The molecule has 7 N–H and O–H groups in total. The molecule has 0 aromatic carbocycles. The third kappa shape index (κ3) is 5.72. The maximum absolute atomic E-state index is 14.0. The number of nitrogens with one attached hydrogen (secondary N) is 1. The van der Waals surface area contributed by atoms with Crippen LogP contribution in [0, 0.1) is 0 Å².